The van der Waals surface area contributed by atoms with Crippen molar-refractivity contribution in [2.24, 2.45) is 0 Å². The molecule has 14 heavy (non-hydrogen) atoms. The van der Waals surface area contributed by atoms with Crippen LogP contribution < -0.4 is 0 Å². The average molecular weight is 202 g/mol. The second-order valence-corrected chi connectivity index (χ2v) is 2.85. The van der Waals surface area contributed by atoms with Crippen molar-refractivity contribution in [1.29, 1.82) is 0 Å². The smallest absolute Gasteiger partial charge is 0.301 e. The van der Waals surface area contributed by atoms with Crippen LogP contribution >= 0.6 is 0 Å². The van der Waals surface area contributed by atoms with Gasteiger partial charge in [0, 0.05) is 5.82 Å². The molecule has 0 aliphatic carbocycles. The number of allylic oxidation sites excluding steroid dienone is 3. The summed E-state index contributed by atoms with van der Waals surface area (Å²) in [6, 6.07) is 0. The summed E-state index contributed by atoms with van der Waals surface area (Å²) in [5.74, 6) is -3.04. The van der Waals surface area contributed by atoms with Gasteiger partial charge in [-0.05, 0) is 19.4 Å². The highest BCUT2D eigenvalue weighted by molar-refractivity contribution is 6.22. The standard InChI is InChI=1S/C9H13BF2O2/c1-3-14-9(13)7(10)4-5-8(12)6(2)11/h5,7H,2-4,10H2,1H3/b8-5+. The molecular weight excluding hydrogens is 189 g/mol. The van der Waals surface area contributed by atoms with Gasteiger partial charge in [0.25, 0.3) is 0 Å². The second-order valence-electron chi connectivity index (χ2n) is 2.85. The van der Waals surface area contributed by atoms with Crippen molar-refractivity contribution in [3.63, 3.8) is 0 Å². The first-order chi connectivity index (χ1) is 6.49. The Morgan fingerprint density at radius 1 is 1.64 bits per heavy atom. The fourth-order valence-corrected chi connectivity index (χ4v) is 0.772. The average Bonchev–Trinajstić information content (AvgIpc) is 2.13. The number of hydrogen-bond acceptors (Lipinski definition) is 2. The number of rotatable bonds is 5. The van der Waals surface area contributed by atoms with E-state index in [-0.39, 0.29) is 13.0 Å². The van der Waals surface area contributed by atoms with Crippen LogP contribution in [0.5, 0.6) is 0 Å². The molecule has 0 N–H and O–H groups in total. The Labute approximate surface area is 83.0 Å². The fourth-order valence-electron chi connectivity index (χ4n) is 0.772. The van der Waals surface area contributed by atoms with Crippen LogP contribution in [-0.2, 0) is 9.53 Å². The van der Waals surface area contributed by atoms with Crippen molar-refractivity contribution in [2.45, 2.75) is 19.2 Å². The van der Waals surface area contributed by atoms with Gasteiger partial charge in [-0.1, -0.05) is 6.58 Å². The van der Waals surface area contributed by atoms with Crippen LogP contribution in [-0.4, -0.2) is 20.4 Å². The summed E-state index contributed by atoms with van der Waals surface area (Å²) in [6.07, 6.45) is 1.09. The maximum atomic E-state index is 12.6. The molecule has 5 heteroatoms. The highest BCUT2D eigenvalue weighted by atomic mass is 19.2. The normalized spacial score (nSPS) is 13.5. The van der Waals surface area contributed by atoms with Crippen molar-refractivity contribution in [3.05, 3.63) is 24.3 Å². The molecule has 0 aromatic rings. The first kappa shape index (κ1) is 12.9. The van der Waals surface area contributed by atoms with E-state index in [4.69, 9.17) is 0 Å². The van der Waals surface area contributed by atoms with Crippen molar-refractivity contribution in [3.8, 4) is 0 Å². The van der Waals surface area contributed by atoms with Crippen LogP contribution in [0.15, 0.2) is 24.3 Å². The molecule has 0 spiro atoms. The summed E-state index contributed by atoms with van der Waals surface area (Å²) in [5.41, 5.74) is 0. The minimum atomic E-state index is -1.12. The minimum absolute atomic E-state index is 0.105. The summed E-state index contributed by atoms with van der Waals surface area (Å²) in [4.78, 5) is 11.0. The van der Waals surface area contributed by atoms with E-state index in [2.05, 4.69) is 11.3 Å². The molecule has 0 saturated carbocycles. The molecule has 0 fully saturated rings. The van der Waals surface area contributed by atoms with Crippen molar-refractivity contribution in [1.82, 2.24) is 0 Å². The molecule has 78 valence electrons. The molecule has 0 radical (unpaired) electrons. The summed E-state index contributed by atoms with van der Waals surface area (Å²) in [6.45, 7) is 4.76. The second kappa shape index (κ2) is 6.35. The molecule has 0 aliphatic heterocycles. The predicted molar refractivity (Wildman–Crippen MR) is 53.0 cm³/mol. The van der Waals surface area contributed by atoms with E-state index in [9.17, 15) is 13.6 Å². The Bertz CT molecular complexity index is 251. The van der Waals surface area contributed by atoms with E-state index in [0.29, 0.717) is 0 Å². The molecule has 0 saturated heterocycles. The Balaban J connectivity index is 4.07. The molecule has 0 aromatic heterocycles. The van der Waals surface area contributed by atoms with Crippen LogP contribution in [0, 0.1) is 0 Å². The van der Waals surface area contributed by atoms with Gasteiger partial charge in [0.15, 0.2) is 11.7 Å². The van der Waals surface area contributed by atoms with Gasteiger partial charge in [0.2, 0.25) is 0 Å². The SMILES string of the molecule is BC(C/C=C(/F)C(=C)F)C(=O)OCC. The van der Waals surface area contributed by atoms with Gasteiger partial charge in [0.1, 0.15) is 7.85 Å². The van der Waals surface area contributed by atoms with Crippen LogP contribution in [0.4, 0.5) is 8.78 Å². The van der Waals surface area contributed by atoms with Gasteiger partial charge < -0.3 is 4.74 Å². The van der Waals surface area contributed by atoms with Gasteiger partial charge in [-0.2, -0.15) is 0 Å². The number of esters is 1. The minimum Gasteiger partial charge on any atom is -0.466 e. The zero-order valence-electron chi connectivity index (χ0n) is 8.35. The van der Waals surface area contributed by atoms with Crippen LogP contribution in [0.25, 0.3) is 0 Å². The third-order valence-corrected chi connectivity index (χ3v) is 1.60. The van der Waals surface area contributed by atoms with Crippen LogP contribution in [0.2, 0.25) is 5.82 Å². The largest absolute Gasteiger partial charge is 0.466 e. The third-order valence-electron chi connectivity index (χ3n) is 1.60. The Morgan fingerprint density at radius 3 is 2.64 bits per heavy atom. The molecule has 2 nitrogen and oxygen atoms in total. The van der Waals surface area contributed by atoms with E-state index < -0.39 is 23.4 Å². The third kappa shape index (κ3) is 4.79. The van der Waals surface area contributed by atoms with Crippen molar-refractivity contribution >= 4 is 13.8 Å². The molecule has 0 amide bonds. The first-order valence-electron chi connectivity index (χ1n) is 4.36. The number of hydrogen-bond donors (Lipinski definition) is 0. The number of halogens is 2. The van der Waals surface area contributed by atoms with Gasteiger partial charge in [-0.25, -0.2) is 8.78 Å². The lowest BCUT2D eigenvalue weighted by molar-refractivity contribution is -0.142. The Kier molecular flexibility index (Phi) is 5.84. The molecule has 0 heterocycles. The van der Waals surface area contributed by atoms with E-state index in [1.807, 2.05) is 0 Å². The monoisotopic (exact) mass is 202 g/mol. The fraction of sp³-hybridized carbons (Fsp3) is 0.444. The first-order valence-corrected chi connectivity index (χ1v) is 4.36. The van der Waals surface area contributed by atoms with Crippen molar-refractivity contribution in [2.75, 3.05) is 6.61 Å². The molecule has 0 rings (SSSR count). The van der Waals surface area contributed by atoms with Gasteiger partial charge in [-0.15, -0.1) is 0 Å². The van der Waals surface area contributed by atoms with Gasteiger partial charge in [-0.3, -0.25) is 4.79 Å². The summed E-state index contributed by atoms with van der Waals surface area (Å²) in [7, 11) is 1.59. The predicted octanol–water partition coefficient (Wildman–Crippen LogP) is 1.70. The maximum Gasteiger partial charge on any atom is 0.301 e. The van der Waals surface area contributed by atoms with E-state index >= 15 is 0 Å². The number of ether oxygens (including phenoxy) is 1. The highest BCUT2D eigenvalue weighted by Crippen LogP contribution is 2.16. The lowest BCUT2D eigenvalue weighted by Crippen LogP contribution is -2.11. The van der Waals surface area contributed by atoms with E-state index in [1.54, 1.807) is 14.8 Å². The number of carbonyl (C=O) groups is 1. The van der Waals surface area contributed by atoms with Gasteiger partial charge in [0.05, 0.1) is 6.61 Å². The van der Waals surface area contributed by atoms with Gasteiger partial charge >= 0.3 is 5.97 Å². The lowest BCUT2D eigenvalue weighted by atomic mass is 9.84. The quantitative estimate of drug-likeness (QED) is 0.385. The Morgan fingerprint density at radius 2 is 2.21 bits per heavy atom. The molecule has 0 aliphatic rings. The summed E-state index contributed by atoms with van der Waals surface area (Å²) in [5, 5.41) is 0. The summed E-state index contributed by atoms with van der Waals surface area (Å²) >= 11 is 0. The van der Waals surface area contributed by atoms with Crippen LogP contribution in [0.1, 0.15) is 13.3 Å². The van der Waals surface area contributed by atoms with E-state index in [0.717, 1.165) is 6.08 Å². The Hall–Kier alpha value is -1.13. The summed E-state index contributed by atoms with van der Waals surface area (Å²) < 4.78 is 29.4. The van der Waals surface area contributed by atoms with Crippen LogP contribution in [0.3, 0.4) is 0 Å². The van der Waals surface area contributed by atoms with Crippen molar-refractivity contribution < 1.29 is 18.3 Å². The molecule has 1 atom stereocenters. The molecular formula is C9H13BF2O2. The zero-order chi connectivity index (χ0) is 11.1. The zero-order valence-corrected chi connectivity index (χ0v) is 8.35. The lowest BCUT2D eigenvalue weighted by Gasteiger charge is -2.07. The topological polar surface area (TPSA) is 26.3 Å². The molecule has 0 bridgehead atoms. The maximum absolute atomic E-state index is 12.6. The molecule has 1 unspecified atom stereocenters. The molecule has 0 aromatic carbocycles. The number of carbonyl (C=O) groups excluding carboxylic acids is 1. The highest BCUT2D eigenvalue weighted by Gasteiger charge is 2.13. The van der Waals surface area contributed by atoms with E-state index in [1.165, 1.54) is 0 Å².